The van der Waals surface area contributed by atoms with Crippen molar-refractivity contribution < 1.29 is 4.79 Å². The molecule has 3 aromatic rings. The quantitative estimate of drug-likeness (QED) is 0.743. The highest BCUT2D eigenvalue weighted by Gasteiger charge is 2.19. The van der Waals surface area contributed by atoms with Crippen LogP contribution in [0.3, 0.4) is 0 Å². The lowest BCUT2D eigenvalue weighted by atomic mass is 10.1. The second kappa shape index (κ2) is 7.37. The van der Waals surface area contributed by atoms with Crippen LogP contribution in [-0.2, 0) is 7.05 Å². The number of nitrogens with one attached hydrogen (secondary N) is 1. The lowest BCUT2D eigenvalue weighted by Crippen LogP contribution is -2.28. The van der Waals surface area contributed by atoms with Gasteiger partial charge in [-0.15, -0.1) is 11.3 Å². The molecule has 1 amide bonds. The molecule has 0 bridgehead atoms. The average molecular weight is 369 g/mol. The van der Waals surface area contributed by atoms with E-state index in [9.17, 15) is 4.79 Å². The first-order valence-corrected chi connectivity index (χ1v) is 9.43. The first-order valence-electron chi connectivity index (χ1n) is 8.62. The summed E-state index contributed by atoms with van der Waals surface area (Å²) in [5.41, 5.74) is 2.50. The zero-order valence-corrected chi connectivity index (χ0v) is 16.5. The molecular weight excluding hydrogens is 346 g/mol. The number of benzene rings is 1. The van der Waals surface area contributed by atoms with Crippen LogP contribution in [0.5, 0.6) is 0 Å². The number of carbonyl (C=O) groups excluding carboxylic acids is 1. The predicted molar refractivity (Wildman–Crippen MR) is 103 cm³/mol. The van der Waals surface area contributed by atoms with Gasteiger partial charge in [-0.05, 0) is 39.3 Å². The first kappa shape index (κ1) is 18.3. The molecule has 2 heterocycles. The van der Waals surface area contributed by atoms with E-state index >= 15 is 0 Å². The molecule has 0 fully saturated rings. The molecular formula is C19H23N5OS. The fraction of sp³-hybridized carbons (Fsp3) is 0.368. The van der Waals surface area contributed by atoms with Crippen LogP contribution < -0.4 is 5.32 Å². The minimum absolute atomic E-state index is 0.0828. The van der Waals surface area contributed by atoms with E-state index in [2.05, 4.69) is 34.2 Å². The lowest BCUT2D eigenvalue weighted by Gasteiger charge is -2.15. The van der Waals surface area contributed by atoms with Gasteiger partial charge in [-0.2, -0.15) is 5.10 Å². The van der Waals surface area contributed by atoms with Crippen molar-refractivity contribution in [3.05, 3.63) is 51.2 Å². The number of carbonyl (C=O) groups is 1. The largest absolute Gasteiger partial charge is 0.343 e. The molecule has 6 nitrogen and oxygen atoms in total. The topological polar surface area (TPSA) is 72.7 Å². The second-order valence-electron chi connectivity index (χ2n) is 6.32. The van der Waals surface area contributed by atoms with Crippen molar-refractivity contribution in [2.24, 2.45) is 7.05 Å². The molecule has 7 heteroatoms. The van der Waals surface area contributed by atoms with Crippen molar-refractivity contribution in [1.82, 2.24) is 25.1 Å². The van der Waals surface area contributed by atoms with Gasteiger partial charge in [-0.25, -0.2) is 14.6 Å². The molecule has 1 N–H and O–H groups in total. The van der Waals surface area contributed by atoms with E-state index in [1.807, 2.05) is 45.2 Å². The third-order valence-electron chi connectivity index (χ3n) is 4.31. The Kier molecular flexibility index (Phi) is 5.18. The minimum atomic E-state index is -0.108. The number of aryl methyl sites for hydroxylation is 4. The van der Waals surface area contributed by atoms with Crippen LogP contribution in [0.2, 0.25) is 0 Å². The molecule has 3 rings (SSSR count). The van der Waals surface area contributed by atoms with Gasteiger partial charge in [0, 0.05) is 23.1 Å². The van der Waals surface area contributed by atoms with E-state index < -0.39 is 0 Å². The van der Waals surface area contributed by atoms with Gasteiger partial charge in [-0.3, -0.25) is 4.79 Å². The summed E-state index contributed by atoms with van der Waals surface area (Å²) in [7, 11) is 1.85. The van der Waals surface area contributed by atoms with Crippen molar-refractivity contribution in [2.45, 2.75) is 40.2 Å². The van der Waals surface area contributed by atoms with E-state index in [-0.39, 0.29) is 11.9 Å². The molecule has 0 radical (unpaired) electrons. The highest BCUT2D eigenvalue weighted by Crippen LogP contribution is 2.25. The summed E-state index contributed by atoms with van der Waals surface area (Å²) < 4.78 is 1.72. The maximum Gasteiger partial charge on any atom is 0.251 e. The van der Waals surface area contributed by atoms with Gasteiger partial charge in [0.05, 0.1) is 11.7 Å². The molecule has 0 spiro atoms. The molecule has 1 unspecified atom stereocenters. The van der Waals surface area contributed by atoms with Gasteiger partial charge >= 0.3 is 0 Å². The standard InChI is InChI=1S/C19H23N5OS/c1-6-16(19-20-11(2)12(3)26-19)22-18(25)15-9-7-8-14(10-15)17-21-13(4)23-24(17)5/h7-10,16H,6H2,1-5H3,(H,22,25). The van der Waals surface area contributed by atoms with Crippen LogP contribution in [-0.4, -0.2) is 25.7 Å². The zero-order chi connectivity index (χ0) is 18.8. The van der Waals surface area contributed by atoms with Gasteiger partial charge in [0.15, 0.2) is 5.82 Å². The fourth-order valence-electron chi connectivity index (χ4n) is 2.79. The van der Waals surface area contributed by atoms with E-state index in [1.165, 1.54) is 4.88 Å². The Balaban J connectivity index is 1.83. The SMILES string of the molecule is CCC(NC(=O)c1cccc(-c2nc(C)nn2C)c1)c1nc(C)c(C)s1. The average Bonchev–Trinajstić information content (AvgIpc) is 3.13. The summed E-state index contributed by atoms with van der Waals surface area (Å²) >= 11 is 1.64. The minimum Gasteiger partial charge on any atom is -0.343 e. The zero-order valence-electron chi connectivity index (χ0n) is 15.7. The smallest absolute Gasteiger partial charge is 0.251 e. The molecule has 2 aromatic heterocycles. The second-order valence-corrected chi connectivity index (χ2v) is 7.55. The van der Waals surface area contributed by atoms with Gasteiger partial charge < -0.3 is 5.32 Å². The highest BCUT2D eigenvalue weighted by atomic mass is 32.1. The van der Waals surface area contributed by atoms with Crippen LogP contribution in [0.15, 0.2) is 24.3 Å². The first-order chi connectivity index (χ1) is 12.4. The summed E-state index contributed by atoms with van der Waals surface area (Å²) in [6.07, 6.45) is 0.792. The van der Waals surface area contributed by atoms with Gasteiger partial charge in [0.25, 0.3) is 5.91 Å². The summed E-state index contributed by atoms with van der Waals surface area (Å²) in [4.78, 5) is 23.0. The van der Waals surface area contributed by atoms with Crippen molar-refractivity contribution in [3.8, 4) is 11.4 Å². The third kappa shape index (κ3) is 3.67. The van der Waals surface area contributed by atoms with Crippen LogP contribution >= 0.6 is 11.3 Å². The van der Waals surface area contributed by atoms with Crippen molar-refractivity contribution >= 4 is 17.2 Å². The van der Waals surface area contributed by atoms with Crippen LogP contribution in [0, 0.1) is 20.8 Å². The molecule has 1 aromatic carbocycles. The van der Waals surface area contributed by atoms with Crippen molar-refractivity contribution in [2.75, 3.05) is 0 Å². The van der Waals surface area contributed by atoms with Crippen LogP contribution in [0.25, 0.3) is 11.4 Å². The number of amides is 1. The Morgan fingerprint density at radius 2 is 2.04 bits per heavy atom. The third-order valence-corrected chi connectivity index (χ3v) is 5.50. The van der Waals surface area contributed by atoms with E-state index in [0.717, 1.165) is 28.5 Å². The van der Waals surface area contributed by atoms with Crippen molar-refractivity contribution in [1.29, 1.82) is 0 Å². The monoisotopic (exact) mass is 369 g/mol. The Labute approximate surface area is 157 Å². The fourth-order valence-corrected chi connectivity index (χ4v) is 3.85. The maximum atomic E-state index is 12.8. The Bertz CT molecular complexity index is 924. The van der Waals surface area contributed by atoms with Crippen LogP contribution in [0.4, 0.5) is 0 Å². The molecule has 26 heavy (non-hydrogen) atoms. The summed E-state index contributed by atoms with van der Waals surface area (Å²) in [6, 6.07) is 7.38. The predicted octanol–water partition coefficient (Wildman–Crippen LogP) is 3.74. The van der Waals surface area contributed by atoms with E-state index in [0.29, 0.717) is 11.4 Å². The molecule has 1 atom stereocenters. The Morgan fingerprint density at radius 3 is 2.62 bits per heavy atom. The highest BCUT2D eigenvalue weighted by molar-refractivity contribution is 7.11. The van der Waals surface area contributed by atoms with Crippen molar-refractivity contribution in [3.63, 3.8) is 0 Å². The van der Waals surface area contributed by atoms with E-state index in [1.54, 1.807) is 16.0 Å². The summed E-state index contributed by atoms with van der Waals surface area (Å²) in [5.74, 6) is 1.34. The molecule has 0 saturated carbocycles. The summed E-state index contributed by atoms with van der Waals surface area (Å²) in [5, 5.41) is 8.33. The van der Waals surface area contributed by atoms with Gasteiger partial charge in [-0.1, -0.05) is 19.1 Å². The number of rotatable bonds is 5. The molecule has 0 aliphatic heterocycles. The van der Waals surface area contributed by atoms with Gasteiger partial charge in [0.2, 0.25) is 0 Å². The lowest BCUT2D eigenvalue weighted by molar-refractivity contribution is 0.0935. The number of aromatic nitrogens is 4. The van der Waals surface area contributed by atoms with Gasteiger partial charge in [0.1, 0.15) is 10.8 Å². The normalized spacial score (nSPS) is 12.2. The number of thiazole rings is 1. The Morgan fingerprint density at radius 1 is 1.27 bits per heavy atom. The molecule has 0 aliphatic rings. The molecule has 136 valence electrons. The van der Waals surface area contributed by atoms with E-state index in [4.69, 9.17) is 0 Å². The Hall–Kier alpha value is -2.54. The number of hydrogen-bond acceptors (Lipinski definition) is 5. The molecule has 0 aliphatic carbocycles. The summed E-state index contributed by atoms with van der Waals surface area (Å²) in [6.45, 7) is 7.95. The van der Waals surface area contributed by atoms with Crippen LogP contribution in [0.1, 0.15) is 51.1 Å². The number of hydrogen-bond donors (Lipinski definition) is 1. The molecule has 0 saturated heterocycles. The maximum absolute atomic E-state index is 12.8. The number of nitrogens with zero attached hydrogens (tertiary/aromatic N) is 4.